The zero-order valence-corrected chi connectivity index (χ0v) is 15.6. The van der Waals surface area contributed by atoms with E-state index in [0.29, 0.717) is 12.3 Å². The second kappa shape index (κ2) is 8.52. The normalized spacial score (nSPS) is 21.1. The molecule has 1 heterocycles. The number of nitrogens with zero attached hydrogens (tertiary/aromatic N) is 2. The molecule has 1 saturated heterocycles. The van der Waals surface area contributed by atoms with Gasteiger partial charge in [-0.15, -0.1) is 0 Å². The standard InChI is InChI=1S/C21H31N3O/c1-23(2)16-18-11-13-24(14-12-18)20-9-7-19(8-10-20)22-21(25)15-17-5-3-4-6-17/h3,5,7-10,17-18H,4,6,11-16H2,1-2H3,(H,22,25)/t17-/m1/s1. The summed E-state index contributed by atoms with van der Waals surface area (Å²) in [6.07, 6.45) is 9.67. The van der Waals surface area contributed by atoms with Crippen LogP contribution in [-0.4, -0.2) is 44.5 Å². The number of nitrogens with one attached hydrogen (secondary N) is 1. The van der Waals surface area contributed by atoms with E-state index in [9.17, 15) is 4.79 Å². The maximum absolute atomic E-state index is 12.1. The van der Waals surface area contributed by atoms with Gasteiger partial charge in [-0.05, 0) is 75.9 Å². The highest BCUT2D eigenvalue weighted by atomic mass is 16.1. The van der Waals surface area contributed by atoms with E-state index in [1.165, 1.54) is 25.1 Å². The van der Waals surface area contributed by atoms with Crippen molar-refractivity contribution in [1.29, 1.82) is 0 Å². The van der Waals surface area contributed by atoms with Gasteiger partial charge in [0.1, 0.15) is 0 Å². The van der Waals surface area contributed by atoms with Gasteiger partial charge in [0.15, 0.2) is 0 Å². The van der Waals surface area contributed by atoms with Crippen molar-refractivity contribution in [3.05, 3.63) is 36.4 Å². The Kier molecular flexibility index (Phi) is 6.14. The molecule has 0 radical (unpaired) electrons. The molecular formula is C21H31N3O. The summed E-state index contributed by atoms with van der Waals surface area (Å²) in [5.74, 6) is 1.35. The fourth-order valence-electron chi connectivity index (χ4n) is 3.96. The average molecular weight is 341 g/mol. The summed E-state index contributed by atoms with van der Waals surface area (Å²) in [6, 6.07) is 8.34. The molecule has 0 aromatic heterocycles. The number of piperidine rings is 1. The summed E-state index contributed by atoms with van der Waals surface area (Å²) >= 11 is 0. The van der Waals surface area contributed by atoms with Crippen molar-refractivity contribution >= 4 is 17.3 Å². The van der Waals surface area contributed by atoms with Crippen LogP contribution in [-0.2, 0) is 4.79 Å². The first-order valence-electron chi connectivity index (χ1n) is 9.56. The minimum atomic E-state index is 0.119. The highest BCUT2D eigenvalue weighted by molar-refractivity contribution is 5.91. The Labute approximate surface area is 151 Å². The fraction of sp³-hybridized carbons (Fsp3) is 0.571. The third kappa shape index (κ3) is 5.33. The molecule has 1 atom stereocenters. The van der Waals surface area contributed by atoms with Crippen LogP contribution >= 0.6 is 0 Å². The molecule has 0 unspecified atom stereocenters. The molecule has 1 fully saturated rings. The van der Waals surface area contributed by atoms with Gasteiger partial charge in [-0.3, -0.25) is 4.79 Å². The van der Waals surface area contributed by atoms with Crippen LogP contribution in [0.4, 0.5) is 11.4 Å². The average Bonchev–Trinajstić information content (AvgIpc) is 3.08. The molecule has 0 saturated carbocycles. The van der Waals surface area contributed by atoms with Crippen molar-refractivity contribution in [2.45, 2.75) is 32.1 Å². The van der Waals surface area contributed by atoms with Crippen LogP contribution in [0, 0.1) is 11.8 Å². The maximum atomic E-state index is 12.1. The van der Waals surface area contributed by atoms with Gasteiger partial charge in [-0.2, -0.15) is 0 Å². The number of hydrogen-bond acceptors (Lipinski definition) is 3. The third-order valence-corrected chi connectivity index (χ3v) is 5.31. The molecule has 3 rings (SSSR count). The van der Waals surface area contributed by atoms with Gasteiger partial charge in [0.25, 0.3) is 0 Å². The van der Waals surface area contributed by atoms with E-state index < -0.39 is 0 Å². The summed E-state index contributed by atoms with van der Waals surface area (Å²) in [6.45, 7) is 3.44. The molecule has 0 bridgehead atoms. The molecule has 1 aromatic carbocycles. The van der Waals surface area contributed by atoms with Crippen LogP contribution in [0.3, 0.4) is 0 Å². The Morgan fingerprint density at radius 1 is 1.16 bits per heavy atom. The van der Waals surface area contributed by atoms with Crippen LogP contribution in [0.5, 0.6) is 0 Å². The van der Waals surface area contributed by atoms with E-state index in [2.05, 4.69) is 53.5 Å². The highest BCUT2D eigenvalue weighted by Crippen LogP contribution is 2.25. The number of carbonyl (C=O) groups is 1. The number of hydrogen-bond donors (Lipinski definition) is 1. The molecule has 0 spiro atoms. The maximum Gasteiger partial charge on any atom is 0.224 e. The zero-order valence-electron chi connectivity index (χ0n) is 15.6. The van der Waals surface area contributed by atoms with E-state index in [-0.39, 0.29) is 5.91 Å². The van der Waals surface area contributed by atoms with E-state index in [1.807, 2.05) is 12.1 Å². The topological polar surface area (TPSA) is 35.6 Å². The first-order chi connectivity index (χ1) is 12.1. The summed E-state index contributed by atoms with van der Waals surface area (Å²) in [7, 11) is 4.31. The van der Waals surface area contributed by atoms with Crippen LogP contribution in [0.25, 0.3) is 0 Å². The second-order valence-corrected chi connectivity index (χ2v) is 7.76. The lowest BCUT2D eigenvalue weighted by atomic mass is 9.96. The highest BCUT2D eigenvalue weighted by Gasteiger charge is 2.20. The number of benzene rings is 1. The van der Waals surface area contributed by atoms with E-state index in [1.54, 1.807) is 0 Å². The predicted molar refractivity (Wildman–Crippen MR) is 105 cm³/mol. The largest absolute Gasteiger partial charge is 0.372 e. The molecule has 1 aliphatic carbocycles. The number of carbonyl (C=O) groups excluding carboxylic acids is 1. The SMILES string of the molecule is CN(C)CC1CCN(c2ccc(NC(=O)C[C@@H]3C=CCC3)cc2)CC1. The van der Waals surface area contributed by atoms with Crippen LogP contribution in [0.15, 0.2) is 36.4 Å². The Morgan fingerprint density at radius 3 is 2.48 bits per heavy atom. The third-order valence-electron chi connectivity index (χ3n) is 5.31. The van der Waals surface area contributed by atoms with E-state index >= 15 is 0 Å². The monoisotopic (exact) mass is 341 g/mol. The Bertz CT molecular complexity index is 586. The Balaban J connectivity index is 1.47. The van der Waals surface area contributed by atoms with Gasteiger partial charge in [0.2, 0.25) is 5.91 Å². The minimum absolute atomic E-state index is 0.119. The quantitative estimate of drug-likeness (QED) is 0.800. The minimum Gasteiger partial charge on any atom is -0.372 e. The summed E-state index contributed by atoms with van der Waals surface area (Å²) in [5, 5.41) is 3.03. The Morgan fingerprint density at radius 2 is 1.88 bits per heavy atom. The fourth-order valence-corrected chi connectivity index (χ4v) is 3.96. The molecule has 2 aliphatic rings. The van der Waals surface area contributed by atoms with Gasteiger partial charge < -0.3 is 15.1 Å². The molecule has 136 valence electrons. The van der Waals surface area contributed by atoms with Crippen LogP contribution in [0.1, 0.15) is 32.1 Å². The number of allylic oxidation sites excluding steroid dienone is 2. The van der Waals surface area contributed by atoms with Gasteiger partial charge in [0.05, 0.1) is 0 Å². The van der Waals surface area contributed by atoms with Crippen molar-refractivity contribution in [1.82, 2.24) is 4.90 Å². The number of rotatable bonds is 6. The number of amides is 1. The van der Waals surface area contributed by atoms with Gasteiger partial charge >= 0.3 is 0 Å². The summed E-state index contributed by atoms with van der Waals surface area (Å²) in [5.41, 5.74) is 2.17. The lowest BCUT2D eigenvalue weighted by Gasteiger charge is -2.34. The zero-order chi connectivity index (χ0) is 17.6. The molecule has 1 amide bonds. The molecule has 1 aromatic rings. The first kappa shape index (κ1) is 18.0. The first-order valence-corrected chi connectivity index (χ1v) is 9.56. The predicted octanol–water partition coefficient (Wildman–Crippen LogP) is 3.76. The molecule has 1 N–H and O–H groups in total. The molecule has 4 nitrogen and oxygen atoms in total. The lowest BCUT2D eigenvalue weighted by molar-refractivity contribution is -0.116. The van der Waals surface area contributed by atoms with Crippen LogP contribution in [0.2, 0.25) is 0 Å². The van der Waals surface area contributed by atoms with Gasteiger partial charge in [0, 0.05) is 37.4 Å². The molecule has 4 heteroatoms. The van der Waals surface area contributed by atoms with Crippen molar-refractivity contribution in [2.75, 3.05) is 43.9 Å². The summed E-state index contributed by atoms with van der Waals surface area (Å²) in [4.78, 5) is 16.9. The van der Waals surface area contributed by atoms with E-state index in [4.69, 9.17) is 0 Å². The smallest absolute Gasteiger partial charge is 0.224 e. The second-order valence-electron chi connectivity index (χ2n) is 7.76. The molecular weight excluding hydrogens is 310 g/mol. The van der Waals surface area contributed by atoms with Gasteiger partial charge in [-0.1, -0.05) is 12.2 Å². The summed E-state index contributed by atoms with van der Waals surface area (Å²) < 4.78 is 0. The van der Waals surface area contributed by atoms with Crippen LogP contribution < -0.4 is 10.2 Å². The van der Waals surface area contributed by atoms with Crippen molar-refractivity contribution in [3.63, 3.8) is 0 Å². The van der Waals surface area contributed by atoms with Gasteiger partial charge in [-0.25, -0.2) is 0 Å². The lowest BCUT2D eigenvalue weighted by Crippen LogP contribution is -2.37. The number of anilines is 2. The van der Waals surface area contributed by atoms with Crippen molar-refractivity contribution in [2.24, 2.45) is 11.8 Å². The van der Waals surface area contributed by atoms with Crippen molar-refractivity contribution in [3.8, 4) is 0 Å². The van der Waals surface area contributed by atoms with Crippen molar-refractivity contribution < 1.29 is 4.79 Å². The Hall–Kier alpha value is -1.81. The molecule has 1 aliphatic heterocycles. The molecule has 25 heavy (non-hydrogen) atoms. The van der Waals surface area contributed by atoms with E-state index in [0.717, 1.165) is 37.5 Å².